The second kappa shape index (κ2) is 12.0. The van der Waals surface area contributed by atoms with Crippen LogP contribution in [0, 0.1) is 0 Å². The molecule has 252 valence electrons. The molecule has 1 aliphatic heterocycles. The Labute approximate surface area is 260 Å². The molecule has 0 spiro atoms. The zero-order valence-corrected chi connectivity index (χ0v) is 24.5. The van der Waals surface area contributed by atoms with Crippen molar-refractivity contribution in [3.8, 4) is 17.0 Å². The standard InChI is InChI=1S/C28H22F9N5O4S/c1-41-14-19(24(40-41)28(35,36)37)25(43)38-12-17-13-42(47(44,45)18-5-2-4-16(11-18)26(29,30)31)21-10-15(8-9-22(21)46-17)20-6-3-7-23(39-20)27(32,33)34/h2-11,14,17,25,38,43H,12-13H2,1H3/t17-,25?/m0/s1. The topological polar surface area (TPSA) is 110 Å². The lowest BCUT2D eigenvalue weighted by molar-refractivity contribution is -0.143. The highest BCUT2D eigenvalue weighted by Gasteiger charge is 2.40. The normalized spacial score (nSPS) is 16.5. The molecule has 3 heterocycles. The summed E-state index contributed by atoms with van der Waals surface area (Å²) in [6.45, 7) is -1.11. The summed E-state index contributed by atoms with van der Waals surface area (Å²) in [6, 6.07) is 9.49. The van der Waals surface area contributed by atoms with Crippen molar-refractivity contribution in [1.29, 1.82) is 0 Å². The first-order valence-electron chi connectivity index (χ1n) is 13.3. The van der Waals surface area contributed by atoms with Gasteiger partial charge in [-0.1, -0.05) is 12.1 Å². The highest BCUT2D eigenvalue weighted by Crippen LogP contribution is 2.41. The van der Waals surface area contributed by atoms with Gasteiger partial charge in [0.25, 0.3) is 10.0 Å². The summed E-state index contributed by atoms with van der Waals surface area (Å²) in [5, 5.41) is 16.2. The molecule has 2 N–H and O–H groups in total. The van der Waals surface area contributed by atoms with Crippen LogP contribution in [0.4, 0.5) is 45.2 Å². The Hall–Kier alpha value is -4.36. The first kappa shape index (κ1) is 34.0. The number of hydrogen-bond donors (Lipinski definition) is 2. The van der Waals surface area contributed by atoms with Crippen LogP contribution in [-0.2, 0) is 35.6 Å². The highest BCUT2D eigenvalue weighted by molar-refractivity contribution is 7.92. The zero-order valence-electron chi connectivity index (χ0n) is 23.7. The molecule has 0 amide bonds. The second-order valence-electron chi connectivity index (χ2n) is 10.3. The van der Waals surface area contributed by atoms with Crippen LogP contribution in [0.3, 0.4) is 0 Å². The van der Waals surface area contributed by atoms with Gasteiger partial charge in [0.1, 0.15) is 23.8 Å². The van der Waals surface area contributed by atoms with Crippen LogP contribution < -0.4 is 14.4 Å². The van der Waals surface area contributed by atoms with E-state index < -0.39 is 81.4 Å². The molecule has 0 bridgehead atoms. The Balaban J connectivity index is 1.52. The van der Waals surface area contributed by atoms with E-state index in [-0.39, 0.29) is 22.7 Å². The summed E-state index contributed by atoms with van der Waals surface area (Å²) in [7, 11) is -3.63. The average Bonchev–Trinajstić information content (AvgIpc) is 3.41. The van der Waals surface area contributed by atoms with Crippen LogP contribution in [0.25, 0.3) is 11.3 Å². The number of aliphatic hydroxyl groups is 1. The Morgan fingerprint density at radius 2 is 1.66 bits per heavy atom. The summed E-state index contributed by atoms with van der Waals surface area (Å²) in [6.07, 6.45) is -16.9. The minimum Gasteiger partial charge on any atom is -0.485 e. The van der Waals surface area contributed by atoms with Crippen LogP contribution in [0.1, 0.15) is 28.7 Å². The van der Waals surface area contributed by atoms with E-state index in [1.165, 1.54) is 25.2 Å². The lowest BCUT2D eigenvalue weighted by Crippen LogP contribution is -2.48. The van der Waals surface area contributed by atoms with Crippen LogP contribution in [-0.4, -0.2) is 47.5 Å². The van der Waals surface area contributed by atoms with Gasteiger partial charge in [-0.15, -0.1) is 0 Å². The van der Waals surface area contributed by atoms with Crippen molar-refractivity contribution in [1.82, 2.24) is 20.1 Å². The van der Waals surface area contributed by atoms with E-state index in [9.17, 15) is 53.0 Å². The molecule has 5 rings (SSSR count). The van der Waals surface area contributed by atoms with Gasteiger partial charge in [0.15, 0.2) is 5.69 Å². The van der Waals surface area contributed by atoms with Crippen LogP contribution in [0.5, 0.6) is 5.75 Å². The van der Waals surface area contributed by atoms with E-state index in [4.69, 9.17) is 4.74 Å². The molecule has 2 aromatic heterocycles. The smallest absolute Gasteiger partial charge is 0.435 e. The van der Waals surface area contributed by atoms with E-state index in [0.717, 1.165) is 41.2 Å². The summed E-state index contributed by atoms with van der Waals surface area (Å²) in [4.78, 5) is 2.80. The SMILES string of the molecule is Cn1cc(C(O)NC[C@H]2CN(S(=O)(=O)c3cccc(C(F)(F)F)c3)c3cc(-c4cccc(C(F)(F)F)n4)ccc3O2)c(C(F)(F)F)n1. The zero-order chi connectivity index (χ0) is 34.5. The molecule has 1 aliphatic rings. The third-order valence-electron chi connectivity index (χ3n) is 6.93. The summed E-state index contributed by atoms with van der Waals surface area (Å²) < 4.78 is 156. The molecular weight excluding hydrogens is 673 g/mol. The predicted octanol–water partition coefficient (Wildman–Crippen LogP) is 5.78. The number of sulfonamides is 1. The highest BCUT2D eigenvalue weighted by atomic mass is 32.2. The second-order valence-corrected chi connectivity index (χ2v) is 12.2. The monoisotopic (exact) mass is 695 g/mol. The number of nitrogens with zero attached hydrogens (tertiary/aromatic N) is 4. The van der Waals surface area contributed by atoms with Gasteiger partial charge >= 0.3 is 18.5 Å². The van der Waals surface area contributed by atoms with Crippen molar-refractivity contribution >= 4 is 15.7 Å². The fourth-order valence-electron chi connectivity index (χ4n) is 4.80. The Kier molecular flexibility index (Phi) is 8.69. The number of anilines is 1. The molecule has 4 aromatic rings. The Morgan fingerprint density at radius 3 is 2.32 bits per heavy atom. The number of aryl methyl sites for hydroxylation is 1. The van der Waals surface area contributed by atoms with Gasteiger partial charge in [0, 0.05) is 30.9 Å². The number of halogens is 9. The summed E-state index contributed by atoms with van der Waals surface area (Å²) >= 11 is 0. The van der Waals surface area contributed by atoms with Gasteiger partial charge in [-0.3, -0.25) is 14.3 Å². The van der Waals surface area contributed by atoms with Crippen molar-refractivity contribution in [3.05, 3.63) is 89.4 Å². The van der Waals surface area contributed by atoms with Gasteiger partial charge in [-0.25, -0.2) is 13.4 Å². The third-order valence-corrected chi connectivity index (χ3v) is 8.71. The third kappa shape index (κ3) is 7.15. The lowest BCUT2D eigenvalue weighted by atomic mass is 10.1. The number of aliphatic hydroxyl groups excluding tert-OH is 1. The molecule has 1 unspecified atom stereocenters. The van der Waals surface area contributed by atoms with Crippen molar-refractivity contribution in [2.75, 3.05) is 17.4 Å². The largest absolute Gasteiger partial charge is 0.485 e. The van der Waals surface area contributed by atoms with Crippen LogP contribution in [0.2, 0.25) is 0 Å². The lowest BCUT2D eigenvalue weighted by Gasteiger charge is -2.36. The van der Waals surface area contributed by atoms with Gasteiger partial charge in [-0.05, 0) is 48.5 Å². The number of hydrogen-bond acceptors (Lipinski definition) is 7. The van der Waals surface area contributed by atoms with Crippen molar-refractivity contribution in [2.24, 2.45) is 7.05 Å². The molecule has 9 nitrogen and oxygen atoms in total. The quantitative estimate of drug-likeness (QED) is 0.187. The number of alkyl halides is 9. The minimum atomic E-state index is -4.92. The molecule has 2 aromatic carbocycles. The molecule has 0 fully saturated rings. The molecule has 0 saturated carbocycles. The fraction of sp³-hybridized carbons (Fsp3) is 0.286. The van der Waals surface area contributed by atoms with Crippen molar-refractivity contribution < 1.29 is 57.8 Å². The van der Waals surface area contributed by atoms with Gasteiger partial charge in [0.2, 0.25) is 0 Å². The number of aromatic nitrogens is 3. The molecule has 0 saturated heterocycles. The van der Waals surface area contributed by atoms with Gasteiger partial charge < -0.3 is 9.84 Å². The number of nitrogens with one attached hydrogen (secondary N) is 1. The van der Waals surface area contributed by atoms with E-state index >= 15 is 0 Å². The molecule has 0 radical (unpaired) electrons. The summed E-state index contributed by atoms with van der Waals surface area (Å²) in [5.41, 5.74) is -4.98. The van der Waals surface area contributed by atoms with E-state index in [2.05, 4.69) is 15.4 Å². The molecule has 0 aliphatic carbocycles. The predicted molar refractivity (Wildman–Crippen MR) is 146 cm³/mol. The van der Waals surface area contributed by atoms with Gasteiger partial charge in [-0.2, -0.15) is 44.6 Å². The number of fused-ring (bicyclic) bond motifs is 1. The fourth-order valence-corrected chi connectivity index (χ4v) is 6.34. The van der Waals surface area contributed by atoms with E-state index in [1.54, 1.807) is 0 Å². The maximum Gasteiger partial charge on any atom is 0.435 e. The Bertz CT molecular complexity index is 1890. The number of rotatable bonds is 7. The minimum absolute atomic E-state index is 0.00551. The average molecular weight is 696 g/mol. The Morgan fingerprint density at radius 1 is 0.957 bits per heavy atom. The summed E-state index contributed by atoms with van der Waals surface area (Å²) in [5.74, 6) is -0.179. The van der Waals surface area contributed by atoms with E-state index in [0.29, 0.717) is 16.4 Å². The molecular formula is C28H22F9N5O4S. The maximum absolute atomic E-state index is 13.9. The molecule has 2 atom stereocenters. The maximum atomic E-state index is 13.9. The van der Waals surface area contributed by atoms with Crippen molar-refractivity contribution in [3.63, 3.8) is 0 Å². The van der Waals surface area contributed by atoms with E-state index in [1.807, 2.05) is 0 Å². The van der Waals surface area contributed by atoms with Crippen molar-refractivity contribution in [2.45, 2.75) is 35.8 Å². The first-order chi connectivity index (χ1) is 21.7. The number of benzene rings is 2. The molecule has 47 heavy (non-hydrogen) atoms. The van der Waals surface area contributed by atoms with Crippen LogP contribution >= 0.6 is 0 Å². The first-order valence-corrected chi connectivity index (χ1v) is 14.8. The van der Waals surface area contributed by atoms with Crippen LogP contribution in [0.15, 0.2) is 71.8 Å². The number of ether oxygens (including phenoxy) is 1. The van der Waals surface area contributed by atoms with Gasteiger partial charge in [0.05, 0.1) is 28.4 Å². The number of pyridine rings is 1. The molecule has 19 heteroatoms.